The van der Waals surface area contributed by atoms with Crippen LogP contribution < -0.4 is 0 Å². The van der Waals surface area contributed by atoms with Crippen LogP contribution in [0.25, 0.3) is 10.8 Å². The first kappa shape index (κ1) is 14.2. The lowest BCUT2D eigenvalue weighted by atomic mass is 9.97. The Morgan fingerprint density at radius 2 is 1.67 bits per heavy atom. The molecule has 0 radical (unpaired) electrons. The summed E-state index contributed by atoms with van der Waals surface area (Å²) in [6.45, 7) is 0. The van der Waals surface area contributed by atoms with Crippen molar-refractivity contribution in [2.75, 3.05) is 0 Å². The predicted octanol–water partition coefficient (Wildman–Crippen LogP) is 5.63. The van der Waals surface area contributed by atoms with Gasteiger partial charge in [-0.3, -0.25) is 4.79 Å². The quantitative estimate of drug-likeness (QED) is 0.540. The number of rotatable bonds is 2. The smallest absolute Gasteiger partial charge is 0.196 e. The maximum Gasteiger partial charge on any atom is 0.196 e. The molecular weight excluding hydrogens is 355 g/mol. The monoisotopic (exact) mass is 362 g/mol. The van der Waals surface area contributed by atoms with E-state index >= 15 is 0 Å². The molecule has 104 valence electrons. The van der Waals surface area contributed by atoms with E-state index in [4.69, 9.17) is 11.6 Å². The predicted molar refractivity (Wildman–Crippen MR) is 86.5 cm³/mol. The molecule has 0 heterocycles. The van der Waals surface area contributed by atoms with E-state index in [9.17, 15) is 9.18 Å². The molecule has 0 spiro atoms. The fourth-order valence-corrected chi connectivity index (χ4v) is 2.93. The van der Waals surface area contributed by atoms with Crippen molar-refractivity contribution in [3.63, 3.8) is 0 Å². The topological polar surface area (TPSA) is 17.1 Å². The molecule has 3 aromatic rings. The molecule has 0 amide bonds. The molecule has 0 saturated carbocycles. The SMILES string of the molecule is O=C(c1cc(Cl)ccc1F)c1ccc(Br)c2ccccc12. The van der Waals surface area contributed by atoms with Gasteiger partial charge in [0.2, 0.25) is 0 Å². The zero-order chi connectivity index (χ0) is 15.0. The number of carbonyl (C=O) groups excluding carboxylic acids is 1. The first-order valence-corrected chi connectivity index (χ1v) is 7.42. The number of halogens is 3. The Kier molecular flexibility index (Phi) is 3.79. The minimum absolute atomic E-state index is 0.0185. The normalized spacial score (nSPS) is 10.8. The first-order valence-electron chi connectivity index (χ1n) is 6.25. The molecule has 0 N–H and O–H groups in total. The minimum atomic E-state index is -0.573. The van der Waals surface area contributed by atoms with Crippen LogP contribution in [0, 0.1) is 5.82 Å². The summed E-state index contributed by atoms with van der Waals surface area (Å²) in [4.78, 5) is 12.6. The van der Waals surface area contributed by atoms with E-state index in [0.717, 1.165) is 15.2 Å². The maximum atomic E-state index is 13.9. The van der Waals surface area contributed by atoms with E-state index in [1.54, 1.807) is 12.1 Å². The van der Waals surface area contributed by atoms with Gasteiger partial charge in [0.25, 0.3) is 0 Å². The van der Waals surface area contributed by atoms with Crippen molar-refractivity contribution in [1.29, 1.82) is 0 Å². The Balaban J connectivity index is 2.23. The van der Waals surface area contributed by atoms with Crippen molar-refractivity contribution < 1.29 is 9.18 Å². The largest absolute Gasteiger partial charge is 0.288 e. The fourth-order valence-electron chi connectivity index (χ4n) is 2.28. The van der Waals surface area contributed by atoms with Crippen LogP contribution in [0.3, 0.4) is 0 Å². The molecule has 3 rings (SSSR count). The van der Waals surface area contributed by atoms with Crippen LogP contribution in [-0.2, 0) is 0 Å². The van der Waals surface area contributed by atoms with Crippen LogP contribution in [0.15, 0.2) is 59.1 Å². The molecular formula is C17H9BrClFO. The third-order valence-electron chi connectivity index (χ3n) is 3.29. The third-order valence-corrected chi connectivity index (χ3v) is 4.22. The number of fused-ring (bicyclic) bond motifs is 1. The van der Waals surface area contributed by atoms with Crippen LogP contribution >= 0.6 is 27.5 Å². The molecule has 0 fully saturated rings. The highest BCUT2D eigenvalue weighted by Crippen LogP contribution is 2.29. The summed E-state index contributed by atoms with van der Waals surface area (Å²) in [6.07, 6.45) is 0. The average molecular weight is 364 g/mol. The highest BCUT2D eigenvalue weighted by atomic mass is 79.9. The van der Waals surface area contributed by atoms with Crippen molar-refractivity contribution in [3.8, 4) is 0 Å². The molecule has 0 unspecified atom stereocenters. The van der Waals surface area contributed by atoms with Gasteiger partial charge in [-0.1, -0.05) is 51.8 Å². The second-order valence-electron chi connectivity index (χ2n) is 4.59. The number of hydrogen-bond donors (Lipinski definition) is 0. The highest BCUT2D eigenvalue weighted by Gasteiger charge is 2.17. The number of ketones is 1. The van der Waals surface area contributed by atoms with Crippen LogP contribution in [0.4, 0.5) is 4.39 Å². The van der Waals surface area contributed by atoms with Gasteiger partial charge in [0.05, 0.1) is 5.56 Å². The second kappa shape index (κ2) is 5.58. The van der Waals surface area contributed by atoms with Gasteiger partial charge in [-0.2, -0.15) is 0 Å². The first-order chi connectivity index (χ1) is 10.1. The van der Waals surface area contributed by atoms with Gasteiger partial charge in [0, 0.05) is 15.1 Å². The summed E-state index contributed by atoms with van der Waals surface area (Å²) < 4.78 is 14.8. The Labute approximate surface area is 134 Å². The van der Waals surface area contributed by atoms with Crippen molar-refractivity contribution in [3.05, 3.63) is 81.0 Å². The molecule has 0 aromatic heterocycles. The van der Waals surface area contributed by atoms with E-state index in [1.807, 2.05) is 24.3 Å². The van der Waals surface area contributed by atoms with Crippen molar-refractivity contribution in [2.45, 2.75) is 0 Å². The van der Waals surface area contributed by atoms with Crippen molar-refractivity contribution >= 4 is 44.1 Å². The number of hydrogen-bond acceptors (Lipinski definition) is 1. The van der Waals surface area contributed by atoms with Crippen LogP contribution in [0.1, 0.15) is 15.9 Å². The van der Waals surface area contributed by atoms with Crippen LogP contribution in [0.2, 0.25) is 5.02 Å². The number of benzene rings is 3. The summed E-state index contributed by atoms with van der Waals surface area (Å²) in [6, 6.07) is 15.0. The van der Waals surface area contributed by atoms with E-state index in [1.165, 1.54) is 18.2 Å². The third kappa shape index (κ3) is 2.59. The molecule has 3 aromatic carbocycles. The Morgan fingerprint density at radius 3 is 2.43 bits per heavy atom. The number of carbonyl (C=O) groups is 1. The van der Waals surface area contributed by atoms with E-state index in [-0.39, 0.29) is 11.3 Å². The lowest BCUT2D eigenvalue weighted by Gasteiger charge is -2.08. The lowest BCUT2D eigenvalue weighted by Crippen LogP contribution is -2.05. The summed E-state index contributed by atoms with van der Waals surface area (Å²) in [5, 5.41) is 2.02. The Hall–Kier alpha value is -1.71. The second-order valence-corrected chi connectivity index (χ2v) is 5.88. The highest BCUT2D eigenvalue weighted by molar-refractivity contribution is 9.10. The zero-order valence-electron chi connectivity index (χ0n) is 10.7. The van der Waals surface area contributed by atoms with Gasteiger partial charge < -0.3 is 0 Å². The lowest BCUT2D eigenvalue weighted by molar-refractivity contribution is 0.103. The maximum absolute atomic E-state index is 13.9. The van der Waals surface area contributed by atoms with Gasteiger partial charge >= 0.3 is 0 Å². The molecule has 0 atom stereocenters. The summed E-state index contributed by atoms with van der Waals surface area (Å²) >= 11 is 9.32. The molecule has 0 bridgehead atoms. The molecule has 0 aliphatic carbocycles. The molecule has 1 nitrogen and oxygen atoms in total. The van der Waals surface area contributed by atoms with E-state index < -0.39 is 5.82 Å². The van der Waals surface area contributed by atoms with Crippen molar-refractivity contribution in [2.24, 2.45) is 0 Å². The van der Waals surface area contributed by atoms with E-state index in [0.29, 0.717) is 10.6 Å². The fraction of sp³-hybridized carbons (Fsp3) is 0. The molecule has 0 saturated heterocycles. The minimum Gasteiger partial charge on any atom is -0.288 e. The van der Waals surface area contributed by atoms with Gasteiger partial charge in [-0.25, -0.2) is 4.39 Å². The Morgan fingerprint density at radius 1 is 0.952 bits per heavy atom. The van der Waals surface area contributed by atoms with E-state index in [2.05, 4.69) is 15.9 Å². The molecule has 0 aliphatic rings. The summed E-state index contributed by atoms with van der Waals surface area (Å²) in [5.74, 6) is -0.949. The molecule has 21 heavy (non-hydrogen) atoms. The van der Waals surface area contributed by atoms with Gasteiger partial charge in [0.15, 0.2) is 5.78 Å². The van der Waals surface area contributed by atoms with Crippen LogP contribution in [0.5, 0.6) is 0 Å². The van der Waals surface area contributed by atoms with Gasteiger partial charge in [-0.15, -0.1) is 0 Å². The Bertz CT molecular complexity index is 861. The molecule has 0 aliphatic heterocycles. The summed E-state index contributed by atoms with van der Waals surface area (Å²) in [7, 11) is 0. The van der Waals surface area contributed by atoms with Crippen molar-refractivity contribution in [1.82, 2.24) is 0 Å². The van der Waals surface area contributed by atoms with Crippen LogP contribution in [-0.4, -0.2) is 5.78 Å². The van der Waals surface area contributed by atoms with Gasteiger partial charge in [0.1, 0.15) is 5.82 Å². The average Bonchev–Trinajstić information content (AvgIpc) is 2.50. The van der Waals surface area contributed by atoms with Gasteiger partial charge in [-0.05, 0) is 41.1 Å². The zero-order valence-corrected chi connectivity index (χ0v) is 13.1. The standard InChI is InChI=1S/C17H9BrClFO/c18-15-7-6-13(11-3-1-2-4-12(11)15)17(21)14-9-10(19)5-8-16(14)20/h1-9H. The summed E-state index contributed by atoms with van der Waals surface area (Å²) in [5.41, 5.74) is 0.435. The molecule has 4 heteroatoms.